The number of rotatable bonds is 3. The second kappa shape index (κ2) is 6.14. The van der Waals surface area contributed by atoms with Crippen molar-refractivity contribution < 1.29 is 4.79 Å². The van der Waals surface area contributed by atoms with Crippen LogP contribution in [0, 0.1) is 0 Å². The molecule has 104 valence electrons. The van der Waals surface area contributed by atoms with E-state index in [1.54, 1.807) is 0 Å². The molecule has 1 amide bonds. The van der Waals surface area contributed by atoms with Crippen LogP contribution in [0.2, 0.25) is 0 Å². The zero-order valence-electron chi connectivity index (χ0n) is 10.0. The third-order valence-electron chi connectivity index (χ3n) is 2.28. The standard InChI is InChI=1S/C11H9Br2N5O2/c12-7-3-15-11(10(13)16-7)17-8(19)5-18-4-6(14)1-2-9(18)20/h1-4H,5,14H2,(H,15,17,19). The largest absolute Gasteiger partial charge is 0.398 e. The average Bonchev–Trinajstić information content (AvgIpc) is 2.37. The molecule has 9 heteroatoms. The van der Waals surface area contributed by atoms with Gasteiger partial charge in [-0.2, -0.15) is 0 Å². The number of pyridine rings is 1. The van der Waals surface area contributed by atoms with Crippen LogP contribution in [-0.4, -0.2) is 20.4 Å². The highest BCUT2D eigenvalue weighted by Crippen LogP contribution is 2.19. The van der Waals surface area contributed by atoms with Crippen LogP contribution in [0.25, 0.3) is 0 Å². The number of amides is 1. The van der Waals surface area contributed by atoms with Crippen molar-refractivity contribution in [2.24, 2.45) is 0 Å². The molecule has 2 rings (SSSR count). The van der Waals surface area contributed by atoms with Crippen molar-refractivity contribution in [2.75, 3.05) is 11.1 Å². The lowest BCUT2D eigenvalue weighted by Gasteiger charge is -2.08. The maximum absolute atomic E-state index is 11.9. The van der Waals surface area contributed by atoms with Crippen molar-refractivity contribution in [1.29, 1.82) is 0 Å². The summed E-state index contributed by atoms with van der Waals surface area (Å²) in [7, 11) is 0. The molecule has 3 N–H and O–H groups in total. The Morgan fingerprint density at radius 3 is 2.85 bits per heavy atom. The summed E-state index contributed by atoms with van der Waals surface area (Å²) in [5, 5.41) is 2.55. The number of anilines is 2. The first-order valence-corrected chi connectivity index (χ1v) is 6.98. The second-order valence-corrected chi connectivity index (χ2v) is 5.37. The Labute approximate surface area is 130 Å². The topological polar surface area (TPSA) is 103 Å². The molecule has 0 spiro atoms. The van der Waals surface area contributed by atoms with E-state index in [4.69, 9.17) is 5.73 Å². The van der Waals surface area contributed by atoms with Gasteiger partial charge in [-0.1, -0.05) is 0 Å². The molecule has 2 aromatic heterocycles. The number of hydrogen-bond acceptors (Lipinski definition) is 5. The van der Waals surface area contributed by atoms with Gasteiger partial charge in [0, 0.05) is 18.0 Å². The van der Waals surface area contributed by atoms with Crippen LogP contribution >= 0.6 is 31.9 Å². The van der Waals surface area contributed by atoms with Crippen LogP contribution in [0.1, 0.15) is 0 Å². The predicted octanol–water partition coefficient (Wildman–Crippen LogP) is 1.38. The monoisotopic (exact) mass is 401 g/mol. The van der Waals surface area contributed by atoms with Crippen molar-refractivity contribution >= 4 is 49.3 Å². The average molecular weight is 403 g/mol. The molecular weight excluding hydrogens is 394 g/mol. The highest BCUT2D eigenvalue weighted by molar-refractivity contribution is 9.11. The molecule has 0 aromatic carbocycles. The number of nitrogens with zero attached hydrogens (tertiary/aromatic N) is 3. The number of aromatic nitrogens is 3. The molecule has 0 aliphatic rings. The summed E-state index contributed by atoms with van der Waals surface area (Å²) in [5.74, 6) is -0.134. The van der Waals surface area contributed by atoms with Gasteiger partial charge in [0.2, 0.25) is 5.91 Å². The highest BCUT2D eigenvalue weighted by Gasteiger charge is 2.10. The number of hydrogen-bond donors (Lipinski definition) is 2. The van der Waals surface area contributed by atoms with Gasteiger partial charge in [-0.3, -0.25) is 9.59 Å². The van der Waals surface area contributed by atoms with Gasteiger partial charge in [-0.25, -0.2) is 9.97 Å². The molecule has 0 bridgehead atoms. The summed E-state index contributed by atoms with van der Waals surface area (Å²) in [6.45, 7) is -0.159. The quantitative estimate of drug-likeness (QED) is 0.807. The highest BCUT2D eigenvalue weighted by atomic mass is 79.9. The van der Waals surface area contributed by atoms with Crippen LogP contribution < -0.4 is 16.6 Å². The van der Waals surface area contributed by atoms with Crippen LogP contribution in [0.3, 0.4) is 0 Å². The lowest BCUT2D eigenvalue weighted by molar-refractivity contribution is -0.116. The van der Waals surface area contributed by atoms with Gasteiger partial charge in [0.25, 0.3) is 5.56 Å². The fourth-order valence-corrected chi connectivity index (χ4v) is 2.34. The van der Waals surface area contributed by atoms with Gasteiger partial charge in [0.1, 0.15) is 15.8 Å². The van der Waals surface area contributed by atoms with Gasteiger partial charge in [-0.05, 0) is 37.9 Å². The summed E-state index contributed by atoms with van der Waals surface area (Å²) in [6.07, 6.45) is 2.86. The zero-order valence-corrected chi connectivity index (χ0v) is 13.2. The minimum atomic E-state index is -0.407. The van der Waals surface area contributed by atoms with E-state index >= 15 is 0 Å². The smallest absolute Gasteiger partial charge is 0.251 e. The molecular formula is C11H9Br2N5O2. The fraction of sp³-hybridized carbons (Fsp3) is 0.0909. The summed E-state index contributed by atoms with van der Waals surface area (Å²) in [5.41, 5.74) is 5.66. The van der Waals surface area contributed by atoms with Crippen molar-refractivity contribution in [3.63, 3.8) is 0 Å². The number of nitrogen functional groups attached to an aromatic ring is 1. The Balaban J connectivity index is 2.13. The molecule has 0 radical (unpaired) electrons. The number of nitrogens with two attached hydrogens (primary N) is 1. The van der Waals surface area contributed by atoms with E-state index < -0.39 is 5.91 Å². The summed E-state index contributed by atoms with van der Waals surface area (Å²) in [4.78, 5) is 31.5. The summed E-state index contributed by atoms with van der Waals surface area (Å²) in [6, 6.07) is 2.78. The van der Waals surface area contributed by atoms with Gasteiger partial charge >= 0.3 is 0 Å². The number of halogens is 2. The van der Waals surface area contributed by atoms with E-state index in [9.17, 15) is 9.59 Å². The molecule has 0 saturated heterocycles. The lowest BCUT2D eigenvalue weighted by atomic mass is 10.4. The minimum Gasteiger partial charge on any atom is -0.398 e. The van der Waals surface area contributed by atoms with Crippen LogP contribution in [0.5, 0.6) is 0 Å². The van der Waals surface area contributed by atoms with E-state index in [1.165, 1.54) is 29.1 Å². The second-order valence-electron chi connectivity index (χ2n) is 3.81. The third kappa shape index (κ3) is 3.64. The Morgan fingerprint density at radius 2 is 2.15 bits per heavy atom. The van der Waals surface area contributed by atoms with Crippen molar-refractivity contribution in [3.05, 3.63) is 44.1 Å². The van der Waals surface area contributed by atoms with E-state index in [0.717, 1.165) is 0 Å². The summed E-state index contributed by atoms with van der Waals surface area (Å²) >= 11 is 6.34. The lowest BCUT2D eigenvalue weighted by Crippen LogP contribution is -2.27. The van der Waals surface area contributed by atoms with Crippen molar-refractivity contribution in [1.82, 2.24) is 14.5 Å². The molecule has 2 aromatic rings. The molecule has 2 heterocycles. The Morgan fingerprint density at radius 1 is 1.40 bits per heavy atom. The van der Waals surface area contributed by atoms with Gasteiger partial charge < -0.3 is 15.6 Å². The van der Waals surface area contributed by atoms with E-state index in [-0.39, 0.29) is 17.9 Å². The molecule has 0 atom stereocenters. The van der Waals surface area contributed by atoms with Gasteiger partial charge in [0.15, 0.2) is 5.82 Å². The molecule has 0 unspecified atom stereocenters. The number of nitrogens with one attached hydrogen (secondary N) is 1. The van der Waals surface area contributed by atoms with E-state index in [0.29, 0.717) is 14.9 Å². The predicted molar refractivity (Wildman–Crippen MR) is 81.2 cm³/mol. The van der Waals surface area contributed by atoms with Crippen molar-refractivity contribution in [3.8, 4) is 0 Å². The Bertz CT molecular complexity index is 716. The third-order valence-corrected chi connectivity index (χ3v) is 3.21. The molecule has 7 nitrogen and oxygen atoms in total. The number of carbonyl (C=O) groups is 1. The summed E-state index contributed by atoms with van der Waals surface area (Å²) < 4.78 is 2.14. The fourth-order valence-electron chi connectivity index (χ4n) is 1.43. The molecule has 20 heavy (non-hydrogen) atoms. The van der Waals surface area contributed by atoms with Gasteiger partial charge in [-0.15, -0.1) is 0 Å². The van der Waals surface area contributed by atoms with Crippen molar-refractivity contribution in [2.45, 2.75) is 6.54 Å². The van der Waals surface area contributed by atoms with Crippen LogP contribution in [0.4, 0.5) is 11.5 Å². The first-order valence-electron chi connectivity index (χ1n) is 5.39. The minimum absolute atomic E-state index is 0.159. The molecule has 0 fully saturated rings. The normalized spacial score (nSPS) is 10.3. The number of carbonyl (C=O) groups excluding carboxylic acids is 1. The first kappa shape index (κ1) is 14.7. The molecule has 0 aliphatic carbocycles. The van der Waals surface area contributed by atoms with Gasteiger partial charge in [0.05, 0.1) is 6.20 Å². The van der Waals surface area contributed by atoms with Crippen LogP contribution in [0.15, 0.2) is 38.5 Å². The van der Waals surface area contributed by atoms with Crippen LogP contribution in [-0.2, 0) is 11.3 Å². The SMILES string of the molecule is Nc1ccc(=O)n(CC(=O)Nc2ncc(Br)nc2Br)c1. The maximum Gasteiger partial charge on any atom is 0.251 e. The zero-order chi connectivity index (χ0) is 14.7. The molecule has 0 saturated carbocycles. The van der Waals surface area contributed by atoms with E-state index in [2.05, 4.69) is 47.1 Å². The first-order chi connectivity index (χ1) is 9.45. The van der Waals surface area contributed by atoms with E-state index in [1.807, 2.05) is 0 Å². The Kier molecular flexibility index (Phi) is 4.50. The Hall–Kier alpha value is -1.74. The molecule has 0 aliphatic heterocycles. The maximum atomic E-state index is 11.9.